The molecule has 2 rings (SSSR count). The summed E-state index contributed by atoms with van der Waals surface area (Å²) in [5.41, 5.74) is 1.09. The maximum absolute atomic E-state index is 13.6. The number of hydrogen-bond donors (Lipinski definition) is 1. The van der Waals surface area contributed by atoms with Gasteiger partial charge in [0.2, 0.25) is 5.91 Å². The summed E-state index contributed by atoms with van der Waals surface area (Å²) in [7, 11) is 0. The van der Waals surface area contributed by atoms with Crippen molar-refractivity contribution in [2.24, 2.45) is 0 Å². The Morgan fingerprint density at radius 3 is 2.55 bits per heavy atom. The van der Waals surface area contributed by atoms with E-state index in [9.17, 15) is 14.0 Å². The number of amides is 1. The summed E-state index contributed by atoms with van der Waals surface area (Å²) in [5, 5.41) is 2.28. The van der Waals surface area contributed by atoms with E-state index in [1.165, 1.54) is 13.0 Å². The van der Waals surface area contributed by atoms with Gasteiger partial charge >= 0.3 is 0 Å². The second-order valence-corrected chi connectivity index (χ2v) is 6.20. The molecular formula is C17H16FNO2S. The van der Waals surface area contributed by atoms with Crippen molar-refractivity contribution in [2.75, 3.05) is 5.32 Å². The molecule has 0 aliphatic heterocycles. The van der Waals surface area contributed by atoms with Crippen molar-refractivity contribution in [3.05, 3.63) is 59.9 Å². The summed E-state index contributed by atoms with van der Waals surface area (Å²) in [6.45, 7) is 3.18. The molecule has 0 saturated carbocycles. The monoisotopic (exact) mass is 317 g/mol. The average molecular weight is 317 g/mol. The molecule has 0 aromatic heterocycles. The molecule has 114 valence electrons. The van der Waals surface area contributed by atoms with Crippen LogP contribution in [0.1, 0.15) is 24.2 Å². The zero-order chi connectivity index (χ0) is 16.1. The van der Waals surface area contributed by atoms with Crippen molar-refractivity contribution in [2.45, 2.75) is 24.0 Å². The number of carbonyl (C=O) groups excluding carboxylic acids is 2. The normalized spacial score (nSPS) is 11.8. The van der Waals surface area contributed by atoms with Crippen LogP contribution in [-0.2, 0) is 4.79 Å². The van der Waals surface area contributed by atoms with Gasteiger partial charge in [-0.2, -0.15) is 0 Å². The number of hydrogen-bond acceptors (Lipinski definition) is 3. The summed E-state index contributed by atoms with van der Waals surface area (Å²) >= 11 is 1.15. The smallest absolute Gasteiger partial charge is 0.237 e. The zero-order valence-corrected chi connectivity index (χ0v) is 13.1. The van der Waals surface area contributed by atoms with Crippen LogP contribution in [0.3, 0.4) is 0 Å². The number of thioether (sulfide) groups is 1. The molecule has 1 unspecified atom stereocenters. The summed E-state index contributed by atoms with van der Waals surface area (Å²) in [6.07, 6.45) is 0. The minimum atomic E-state index is -0.460. The molecule has 3 nitrogen and oxygen atoms in total. The molecule has 1 amide bonds. The van der Waals surface area contributed by atoms with Crippen molar-refractivity contribution >= 4 is 29.1 Å². The van der Waals surface area contributed by atoms with Crippen LogP contribution in [0.25, 0.3) is 0 Å². The summed E-state index contributed by atoms with van der Waals surface area (Å²) < 4.78 is 13.6. The highest BCUT2D eigenvalue weighted by molar-refractivity contribution is 8.00. The molecule has 0 aliphatic rings. The molecule has 1 N–H and O–H groups in total. The van der Waals surface area contributed by atoms with Gasteiger partial charge in [-0.15, -0.1) is 11.8 Å². The molecule has 0 radical (unpaired) electrons. The van der Waals surface area contributed by atoms with E-state index in [4.69, 9.17) is 0 Å². The quantitative estimate of drug-likeness (QED) is 0.665. The Hall–Kier alpha value is -2.14. The van der Waals surface area contributed by atoms with Gasteiger partial charge in [-0.05, 0) is 38.1 Å². The maximum Gasteiger partial charge on any atom is 0.237 e. The Morgan fingerprint density at radius 2 is 1.86 bits per heavy atom. The van der Waals surface area contributed by atoms with E-state index in [0.29, 0.717) is 16.1 Å². The lowest BCUT2D eigenvalue weighted by Crippen LogP contribution is -2.22. The topological polar surface area (TPSA) is 46.2 Å². The highest BCUT2D eigenvalue weighted by Crippen LogP contribution is 2.26. The van der Waals surface area contributed by atoms with Gasteiger partial charge in [0.1, 0.15) is 5.82 Å². The van der Waals surface area contributed by atoms with Crippen LogP contribution in [0.5, 0.6) is 0 Å². The Morgan fingerprint density at radius 1 is 1.14 bits per heavy atom. The highest BCUT2D eigenvalue weighted by Gasteiger charge is 2.16. The third kappa shape index (κ3) is 4.18. The van der Waals surface area contributed by atoms with Gasteiger partial charge in [0.25, 0.3) is 0 Å². The molecule has 0 bridgehead atoms. The Kier molecular flexibility index (Phi) is 5.33. The van der Waals surface area contributed by atoms with Crippen LogP contribution >= 0.6 is 11.8 Å². The fourth-order valence-electron chi connectivity index (χ4n) is 1.84. The highest BCUT2D eigenvalue weighted by atomic mass is 32.2. The Labute approximate surface area is 132 Å². The number of halogens is 1. The van der Waals surface area contributed by atoms with Gasteiger partial charge in [-0.25, -0.2) is 4.39 Å². The fraction of sp³-hybridized carbons (Fsp3) is 0.176. The largest absolute Gasteiger partial charge is 0.325 e. The molecule has 5 heteroatoms. The van der Waals surface area contributed by atoms with E-state index in [0.717, 1.165) is 11.8 Å². The number of benzene rings is 2. The van der Waals surface area contributed by atoms with Crippen LogP contribution < -0.4 is 5.32 Å². The fourth-order valence-corrected chi connectivity index (χ4v) is 2.73. The molecule has 0 fully saturated rings. The summed E-state index contributed by atoms with van der Waals surface area (Å²) in [5.74, 6) is -0.649. The van der Waals surface area contributed by atoms with Gasteiger partial charge in [0.05, 0.1) is 5.25 Å². The molecular weight excluding hydrogens is 301 g/mol. The lowest BCUT2D eigenvalue weighted by Gasteiger charge is -2.13. The third-order valence-corrected chi connectivity index (χ3v) is 4.20. The number of Topliss-reactive ketones (excluding diaryl/α,β-unsaturated/α-hetero) is 1. The minimum Gasteiger partial charge on any atom is -0.325 e. The first kappa shape index (κ1) is 16.2. The lowest BCUT2D eigenvalue weighted by molar-refractivity contribution is -0.115. The molecule has 2 aromatic rings. The van der Waals surface area contributed by atoms with Gasteiger partial charge in [0, 0.05) is 16.1 Å². The first-order valence-corrected chi connectivity index (χ1v) is 7.68. The van der Waals surface area contributed by atoms with Gasteiger partial charge in [-0.1, -0.05) is 24.3 Å². The molecule has 0 spiro atoms. The van der Waals surface area contributed by atoms with Crippen molar-refractivity contribution in [1.82, 2.24) is 0 Å². The summed E-state index contributed by atoms with van der Waals surface area (Å²) in [4.78, 5) is 23.9. The summed E-state index contributed by atoms with van der Waals surface area (Å²) in [6, 6.07) is 13.1. The molecule has 2 aromatic carbocycles. The van der Waals surface area contributed by atoms with Gasteiger partial charge in [-0.3, -0.25) is 9.59 Å². The van der Waals surface area contributed by atoms with Crippen LogP contribution in [-0.4, -0.2) is 16.9 Å². The second kappa shape index (κ2) is 7.22. The first-order valence-electron chi connectivity index (χ1n) is 6.80. The van der Waals surface area contributed by atoms with Gasteiger partial charge in [0.15, 0.2) is 5.78 Å². The maximum atomic E-state index is 13.6. The third-order valence-electron chi connectivity index (χ3n) is 3.05. The predicted octanol–water partition coefficient (Wildman–Crippen LogP) is 4.15. The second-order valence-electron chi connectivity index (χ2n) is 4.82. The van der Waals surface area contributed by atoms with Crippen LogP contribution in [0.4, 0.5) is 10.1 Å². The Bertz CT molecular complexity index is 703. The predicted molar refractivity (Wildman–Crippen MR) is 86.8 cm³/mol. The van der Waals surface area contributed by atoms with Crippen LogP contribution in [0.15, 0.2) is 53.4 Å². The molecule has 0 aliphatic carbocycles. The van der Waals surface area contributed by atoms with Crippen LogP contribution in [0, 0.1) is 5.82 Å². The van der Waals surface area contributed by atoms with Crippen LogP contribution in [0.2, 0.25) is 0 Å². The van der Waals surface area contributed by atoms with Crippen molar-refractivity contribution in [1.29, 1.82) is 0 Å². The standard InChI is InChI=1S/C17H16FNO2S/c1-11(20)13-6-5-7-14(10-13)19-17(21)12(2)22-16-9-4-3-8-15(16)18/h3-10,12H,1-2H3,(H,19,21). The minimum absolute atomic E-state index is 0.0649. The van der Waals surface area contributed by atoms with Crippen molar-refractivity contribution in [3.8, 4) is 0 Å². The van der Waals surface area contributed by atoms with E-state index in [1.807, 2.05) is 0 Å². The number of nitrogens with one attached hydrogen (secondary N) is 1. The van der Waals surface area contributed by atoms with E-state index >= 15 is 0 Å². The Balaban J connectivity index is 2.04. The zero-order valence-electron chi connectivity index (χ0n) is 12.3. The molecule has 22 heavy (non-hydrogen) atoms. The number of ketones is 1. The van der Waals surface area contributed by atoms with E-state index < -0.39 is 5.25 Å². The first-order chi connectivity index (χ1) is 10.5. The SMILES string of the molecule is CC(=O)c1cccc(NC(=O)C(C)Sc2ccccc2F)c1. The van der Waals surface area contributed by atoms with Gasteiger partial charge < -0.3 is 5.32 Å². The average Bonchev–Trinajstić information content (AvgIpc) is 2.49. The van der Waals surface area contributed by atoms with Crippen molar-refractivity contribution in [3.63, 3.8) is 0 Å². The molecule has 0 heterocycles. The lowest BCUT2D eigenvalue weighted by atomic mass is 10.1. The van der Waals surface area contributed by atoms with Crippen molar-refractivity contribution < 1.29 is 14.0 Å². The van der Waals surface area contributed by atoms with E-state index in [1.54, 1.807) is 49.4 Å². The molecule has 1 atom stereocenters. The van der Waals surface area contributed by atoms with E-state index in [-0.39, 0.29) is 17.5 Å². The molecule has 0 saturated heterocycles. The number of rotatable bonds is 5. The number of carbonyl (C=O) groups is 2. The number of anilines is 1. The van der Waals surface area contributed by atoms with E-state index in [2.05, 4.69) is 5.32 Å².